The van der Waals surface area contributed by atoms with Crippen molar-refractivity contribution in [3.05, 3.63) is 41.6 Å². The van der Waals surface area contributed by atoms with E-state index in [1.54, 1.807) is 6.20 Å². The summed E-state index contributed by atoms with van der Waals surface area (Å²) in [6.45, 7) is 13.4. The zero-order valence-electron chi connectivity index (χ0n) is 18.4. The average Bonchev–Trinajstić information content (AvgIpc) is 3.58. The molecule has 2 aliphatic rings. The molecule has 1 unspecified atom stereocenters. The molecule has 8 heteroatoms. The van der Waals surface area contributed by atoms with Crippen molar-refractivity contribution in [2.24, 2.45) is 11.8 Å². The van der Waals surface area contributed by atoms with E-state index >= 15 is 0 Å². The lowest BCUT2D eigenvalue weighted by Gasteiger charge is -2.35. The molecule has 0 spiro atoms. The molecular formula is C24H27N7O. The van der Waals surface area contributed by atoms with Gasteiger partial charge in [-0.3, -0.25) is 4.79 Å². The highest BCUT2D eigenvalue weighted by Crippen LogP contribution is 2.35. The molecule has 164 valence electrons. The predicted octanol–water partition coefficient (Wildman–Crippen LogP) is 4.33. The van der Waals surface area contributed by atoms with Crippen molar-refractivity contribution < 1.29 is 4.79 Å². The first kappa shape index (κ1) is 20.4. The second-order valence-electron chi connectivity index (χ2n) is 9.02. The molecule has 3 aromatic rings. The standard InChI is InChI=1S/C24H27N7O/c1-14-10-18-19(12-27-22(18)26-11-14)21-20(25-3)13-28-24(30-21)29-15(2)16-6-8-31(9-7-16)23(32)17-4-5-17/h10-13,15-17H,4-9H2,1-2H3,(H,26,27)(H,28,29,30). The first-order chi connectivity index (χ1) is 15.5. The minimum Gasteiger partial charge on any atom is -0.352 e. The maximum Gasteiger partial charge on any atom is 0.231 e. The number of hydrogen-bond acceptors (Lipinski definition) is 5. The quantitative estimate of drug-likeness (QED) is 0.589. The number of nitrogens with zero attached hydrogens (tertiary/aromatic N) is 5. The Labute approximate surface area is 187 Å². The number of aryl methyl sites for hydroxylation is 1. The minimum absolute atomic E-state index is 0.173. The summed E-state index contributed by atoms with van der Waals surface area (Å²) < 4.78 is 0. The zero-order valence-corrected chi connectivity index (χ0v) is 18.4. The van der Waals surface area contributed by atoms with Crippen LogP contribution in [0.4, 0.5) is 11.6 Å². The van der Waals surface area contributed by atoms with Crippen molar-refractivity contribution in [1.82, 2.24) is 24.8 Å². The topological polar surface area (TPSA) is 91.2 Å². The van der Waals surface area contributed by atoms with Crippen molar-refractivity contribution in [2.45, 2.75) is 45.6 Å². The van der Waals surface area contributed by atoms with Gasteiger partial charge in [-0.2, -0.15) is 0 Å². The third kappa shape index (κ3) is 3.91. The normalized spacial score (nSPS) is 17.8. The lowest BCUT2D eigenvalue weighted by atomic mass is 9.90. The van der Waals surface area contributed by atoms with E-state index in [0.717, 1.165) is 60.9 Å². The van der Waals surface area contributed by atoms with Crippen molar-refractivity contribution >= 4 is 28.6 Å². The van der Waals surface area contributed by atoms with E-state index in [4.69, 9.17) is 11.6 Å². The van der Waals surface area contributed by atoms with E-state index in [9.17, 15) is 4.79 Å². The van der Waals surface area contributed by atoms with Gasteiger partial charge in [0, 0.05) is 54.6 Å². The zero-order chi connectivity index (χ0) is 22.2. The molecule has 1 atom stereocenters. The van der Waals surface area contributed by atoms with Gasteiger partial charge in [-0.05, 0) is 57.1 Å². The van der Waals surface area contributed by atoms with Crippen molar-refractivity contribution in [3.63, 3.8) is 0 Å². The fourth-order valence-corrected chi connectivity index (χ4v) is 4.56. The average molecular weight is 430 g/mol. The number of carbonyl (C=O) groups excluding carboxylic acids is 1. The molecule has 0 radical (unpaired) electrons. The molecule has 2 fully saturated rings. The molecule has 0 aromatic carbocycles. The first-order valence-corrected chi connectivity index (χ1v) is 11.3. The molecule has 1 saturated carbocycles. The number of nitrogens with one attached hydrogen (secondary N) is 2. The highest BCUT2D eigenvalue weighted by Gasteiger charge is 2.35. The van der Waals surface area contributed by atoms with Gasteiger partial charge < -0.3 is 15.2 Å². The SMILES string of the molecule is [C-]#[N+]c1cnc(NC(C)C2CCN(C(=O)C3CC3)CC2)nc1-c1c[nH]c2ncc(C)cc12. The van der Waals surface area contributed by atoms with Crippen LogP contribution in [0.1, 0.15) is 38.2 Å². The van der Waals surface area contributed by atoms with E-state index in [1.807, 2.05) is 24.2 Å². The molecule has 3 aromatic heterocycles. The second-order valence-corrected chi connectivity index (χ2v) is 9.02. The Hall–Kier alpha value is -3.47. The number of piperidine rings is 1. The van der Waals surface area contributed by atoms with Crippen LogP contribution in [0.15, 0.2) is 24.7 Å². The van der Waals surface area contributed by atoms with Crippen LogP contribution in [0.2, 0.25) is 0 Å². The van der Waals surface area contributed by atoms with Crippen molar-refractivity contribution in [3.8, 4) is 11.3 Å². The van der Waals surface area contributed by atoms with Gasteiger partial charge in [-0.1, -0.05) is 0 Å². The Balaban J connectivity index is 1.33. The van der Waals surface area contributed by atoms with Crippen LogP contribution in [0.25, 0.3) is 27.1 Å². The maximum absolute atomic E-state index is 12.3. The molecule has 32 heavy (non-hydrogen) atoms. The first-order valence-electron chi connectivity index (χ1n) is 11.3. The van der Waals surface area contributed by atoms with Gasteiger partial charge in [0.15, 0.2) is 0 Å². The largest absolute Gasteiger partial charge is 0.352 e. The molecule has 2 N–H and O–H groups in total. The van der Waals surface area contributed by atoms with E-state index in [2.05, 4.69) is 38.1 Å². The Morgan fingerprint density at radius 2 is 2.03 bits per heavy atom. The molecule has 1 aliphatic carbocycles. The number of H-pyrrole nitrogens is 1. The third-order valence-corrected chi connectivity index (χ3v) is 6.65. The fourth-order valence-electron chi connectivity index (χ4n) is 4.56. The summed E-state index contributed by atoms with van der Waals surface area (Å²) in [6.07, 6.45) is 9.33. The summed E-state index contributed by atoms with van der Waals surface area (Å²) in [5, 5.41) is 4.39. The summed E-state index contributed by atoms with van der Waals surface area (Å²) in [6, 6.07) is 2.22. The molecular weight excluding hydrogens is 402 g/mol. The van der Waals surface area contributed by atoms with E-state index in [0.29, 0.717) is 35.1 Å². The number of likely N-dealkylation sites (tertiary alicyclic amines) is 1. The Bertz CT molecular complexity index is 1200. The number of hydrogen-bond donors (Lipinski definition) is 2. The summed E-state index contributed by atoms with van der Waals surface area (Å²) in [5.41, 5.74) is 3.70. The van der Waals surface area contributed by atoms with Gasteiger partial charge in [0.25, 0.3) is 0 Å². The molecule has 5 rings (SSSR count). The molecule has 1 amide bonds. The molecule has 1 aliphatic heterocycles. The molecule has 8 nitrogen and oxygen atoms in total. The number of aromatic nitrogens is 4. The van der Waals surface area contributed by atoms with E-state index in [1.165, 1.54) is 0 Å². The molecule has 0 bridgehead atoms. The van der Waals surface area contributed by atoms with Gasteiger partial charge in [-0.25, -0.2) is 19.8 Å². The fraction of sp³-hybridized carbons (Fsp3) is 0.458. The smallest absolute Gasteiger partial charge is 0.231 e. The van der Waals surface area contributed by atoms with Crippen LogP contribution in [-0.2, 0) is 4.79 Å². The Morgan fingerprint density at radius 3 is 2.75 bits per heavy atom. The van der Waals surface area contributed by atoms with Gasteiger partial charge >= 0.3 is 0 Å². The number of pyridine rings is 1. The van der Waals surface area contributed by atoms with Gasteiger partial charge in [-0.15, -0.1) is 0 Å². The highest BCUT2D eigenvalue weighted by atomic mass is 16.2. The van der Waals surface area contributed by atoms with Crippen LogP contribution in [0.5, 0.6) is 0 Å². The summed E-state index contributed by atoms with van der Waals surface area (Å²) in [7, 11) is 0. The lowest BCUT2D eigenvalue weighted by molar-refractivity contribution is -0.134. The van der Waals surface area contributed by atoms with Gasteiger partial charge in [0.05, 0.1) is 12.3 Å². The molecule has 1 saturated heterocycles. The van der Waals surface area contributed by atoms with Crippen LogP contribution in [0, 0.1) is 25.3 Å². The van der Waals surface area contributed by atoms with Crippen molar-refractivity contribution in [1.29, 1.82) is 0 Å². The number of anilines is 1. The number of amides is 1. The number of rotatable bonds is 5. The summed E-state index contributed by atoms with van der Waals surface area (Å²) in [4.78, 5) is 34.7. The highest BCUT2D eigenvalue weighted by molar-refractivity contribution is 5.96. The third-order valence-electron chi connectivity index (χ3n) is 6.65. The summed E-state index contributed by atoms with van der Waals surface area (Å²) in [5.74, 6) is 1.60. The van der Waals surface area contributed by atoms with Crippen LogP contribution in [0.3, 0.4) is 0 Å². The lowest BCUT2D eigenvalue weighted by Crippen LogP contribution is -2.42. The van der Waals surface area contributed by atoms with Crippen LogP contribution in [-0.4, -0.2) is 49.9 Å². The predicted molar refractivity (Wildman–Crippen MR) is 123 cm³/mol. The molecule has 4 heterocycles. The number of fused-ring (bicyclic) bond motifs is 1. The second kappa shape index (κ2) is 8.23. The van der Waals surface area contributed by atoms with E-state index in [-0.39, 0.29) is 6.04 Å². The van der Waals surface area contributed by atoms with Crippen LogP contribution < -0.4 is 5.32 Å². The number of carbonyl (C=O) groups is 1. The number of aromatic amines is 1. The maximum atomic E-state index is 12.3. The van der Waals surface area contributed by atoms with E-state index < -0.39 is 0 Å². The minimum atomic E-state index is 0.173. The van der Waals surface area contributed by atoms with Gasteiger partial charge in [0.2, 0.25) is 17.5 Å². The summed E-state index contributed by atoms with van der Waals surface area (Å²) >= 11 is 0. The van der Waals surface area contributed by atoms with Crippen LogP contribution >= 0.6 is 0 Å². The monoisotopic (exact) mass is 429 g/mol. The Kier molecular flexibility index (Phi) is 5.25. The Morgan fingerprint density at radius 1 is 1.25 bits per heavy atom. The van der Waals surface area contributed by atoms with Gasteiger partial charge in [0.1, 0.15) is 5.65 Å². The van der Waals surface area contributed by atoms with Crippen molar-refractivity contribution in [2.75, 3.05) is 18.4 Å².